The Morgan fingerprint density at radius 2 is 2.21 bits per heavy atom. The Labute approximate surface area is 173 Å². The molecule has 2 aliphatic rings. The quantitative estimate of drug-likeness (QED) is 0.629. The summed E-state index contributed by atoms with van der Waals surface area (Å²) in [6.07, 6.45) is 4.92. The maximum atomic E-state index is 13.0. The molecule has 0 N–H and O–H groups in total. The first kappa shape index (κ1) is 18.4. The summed E-state index contributed by atoms with van der Waals surface area (Å²) in [6, 6.07) is 6.16. The number of hydrogen-bond donors (Lipinski definition) is 0. The van der Waals surface area contributed by atoms with Crippen LogP contribution < -0.4 is 15.0 Å². The van der Waals surface area contributed by atoms with Gasteiger partial charge in [0, 0.05) is 29.0 Å². The normalized spacial score (nSPS) is 18.9. The lowest BCUT2D eigenvalue weighted by Gasteiger charge is -2.11. The van der Waals surface area contributed by atoms with Gasteiger partial charge in [0.2, 0.25) is 0 Å². The van der Waals surface area contributed by atoms with Crippen molar-refractivity contribution in [2.45, 2.75) is 52.7 Å². The van der Waals surface area contributed by atoms with E-state index in [1.807, 2.05) is 17.6 Å². The number of nitrogens with zero attached hydrogens (tertiary/aromatic N) is 2. The lowest BCUT2D eigenvalue weighted by atomic mass is 10.0. The maximum Gasteiger partial charge on any atom is 0.262 e. The third-order valence-electron chi connectivity index (χ3n) is 5.60. The van der Waals surface area contributed by atoms with Crippen LogP contribution in [-0.4, -0.2) is 22.3 Å². The van der Waals surface area contributed by atoms with Crippen LogP contribution in [0.3, 0.4) is 0 Å². The highest BCUT2D eigenvalue weighted by atomic mass is 32.1. The van der Waals surface area contributed by atoms with Crippen molar-refractivity contribution < 1.29 is 9.47 Å². The van der Waals surface area contributed by atoms with Crippen molar-refractivity contribution in [2.75, 3.05) is 6.61 Å². The van der Waals surface area contributed by atoms with Gasteiger partial charge in [-0.3, -0.25) is 9.36 Å². The maximum absolute atomic E-state index is 13.0. The van der Waals surface area contributed by atoms with Crippen LogP contribution in [0.1, 0.15) is 49.0 Å². The third-order valence-corrected chi connectivity index (χ3v) is 6.77. The number of benzene rings is 1. The molecular formula is C23H24N2O3S. The average molecular weight is 409 g/mol. The van der Waals surface area contributed by atoms with Crippen molar-refractivity contribution in [3.63, 3.8) is 0 Å². The van der Waals surface area contributed by atoms with Gasteiger partial charge in [0.05, 0.1) is 12.0 Å². The first-order chi connectivity index (χ1) is 14.1. The second-order valence-electron chi connectivity index (χ2n) is 7.66. The van der Waals surface area contributed by atoms with Crippen LogP contribution in [0.25, 0.3) is 21.9 Å². The van der Waals surface area contributed by atoms with Crippen LogP contribution in [0, 0.1) is 0 Å². The molecule has 29 heavy (non-hydrogen) atoms. The van der Waals surface area contributed by atoms with Gasteiger partial charge in [0.15, 0.2) is 0 Å². The van der Waals surface area contributed by atoms with E-state index < -0.39 is 0 Å². The van der Waals surface area contributed by atoms with Gasteiger partial charge in [-0.15, -0.1) is 11.3 Å². The minimum Gasteiger partial charge on any atom is -0.493 e. The fourth-order valence-electron chi connectivity index (χ4n) is 4.21. The fourth-order valence-corrected chi connectivity index (χ4v) is 5.17. The molecule has 0 bridgehead atoms. The number of thiophene rings is 1. The van der Waals surface area contributed by atoms with Crippen LogP contribution in [0.5, 0.6) is 11.5 Å². The number of ether oxygens (including phenoxy) is 2. The Bertz CT molecular complexity index is 1210. The molecule has 0 amide bonds. The molecule has 0 saturated heterocycles. The van der Waals surface area contributed by atoms with Crippen molar-refractivity contribution >= 4 is 33.2 Å². The van der Waals surface area contributed by atoms with Gasteiger partial charge >= 0.3 is 0 Å². The molecule has 1 aromatic carbocycles. The van der Waals surface area contributed by atoms with Crippen LogP contribution in [0.2, 0.25) is 0 Å². The zero-order chi connectivity index (χ0) is 20.1. The zero-order valence-electron chi connectivity index (χ0n) is 16.9. The van der Waals surface area contributed by atoms with E-state index >= 15 is 0 Å². The van der Waals surface area contributed by atoms with Crippen molar-refractivity contribution in [3.8, 4) is 11.5 Å². The molecule has 0 unspecified atom stereocenters. The molecule has 0 aliphatic carbocycles. The minimum atomic E-state index is 0.0699. The molecule has 2 aromatic heterocycles. The van der Waals surface area contributed by atoms with Gasteiger partial charge in [-0.25, -0.2) is 4.98 Å². The molecule has 0 radical (unpaired) electrons. The van der Waals surface area contributed by atoms with E-state index in [-0.39, 0.29) is 11.7 Å². The van der Waals surface area contributed by atoms with Crippen molar-refractivity contribution in [1.29, 1.82) is 0 Å². The van der Waals surface area contributed by atoms with Crippen molar-refractivity contribution in [2.24, 2.45) is 0 Å². The highest BCUT2D eigenvalue weighted by Gasteiger charge is 2.25. The molecular weight excluding hydrogens is 384 g/mol. The Balaban J connectivity index is 1.63. The number of aromatic nitrogens is 2. The number of allylic oxidation sites excluding steroid dienone is 1. The largest absolute Gasteiger partial charge is 0.493 e. The number of hydrogen-bond acceptors (Lipinski definition) is 5. The van der Waals surface area contributed by atoms with E-state index in [2.05, 4.69) is 32.1 Å². The summed E-state index contributed by atoms with van der Waals surface area (Å²) in [7, 11) is 0. The topological polar surface area (TPSA) is 53.4 Å². The van der Waals surface area contributed by atoms with E-state index in [1.165, 1.54) is 10.4 Å². The van der Waals surface area contributed by atoms with Gasteiger partial charge in [-0.2, -0.15) is 0 Å². The van der Waals surface area contributed by atoms with E-state index in [0.717, 1.165) is 57.9 Å². The number of rotatable bonds is 4. The molecule has 1 atom stereocenters. The summed E-state index contributed by atoms with van der Waals surface area (Å²) in [5.74, 6) is 2.57. The van der Waals surface area contributed by atoms with E-state index in [4.69, 9.17) is 14.5 Å². The standard InChI is InChI=1S/C23H24N2O3S/c1-4-17-12-18-22(29-17)24-21-14(6-7-25(21)23(18)26)9-16-11-20-15(8-13(3)28-20)10-19(16)27-5-2/h9-13H,4-8H2,1-3H3/b14-9+/t13-/m1/s1. The Hall–Kier alpha value is -2.60. The van der Waals surface area contributed by atoms with Crippen molar-refractivity contribution in [1.82, 2.24) is 9.55 Å². The monoisotopic (exact) mass is 408 g/mol. The zero-order valence-corrected chi connectivity index (χ0v) is 17.8. The fraction of sp³-hybridized carbons (Fsp3) is 0.391. The van der Waals surface area contributed by atoms with E-state index in [0.29, 0.717) is 13.2 Å². The Morgan fingerprint density at radius 3 is 3.00 bits per heavy atom. The Kier molecular flexibility index (Phi) is 4.46. The van der Waals surface area contributed by atoms with Crippen LogP contribution in [0.15, 0.2) is 23.0 Å². The molecule has 3 aromatic rings. The van der Waals surface area contributed by atoms with Crippen LogP contribution in [0.4, 0.5) is 0 Å². The van der Waals surface area contributed by atoms with Gasteiger partial charge in [-0.05, 0) is 56.5 Å². The first-order valence-electron chi connectivity index (χ1n) is 10.3. The Morgan fingerprint density at radius 1 is 1.34 bits per heavy atom. The molecule has 5 rings (SSSR count). The predicted molar refractivity (Wildman–Crippen MR) is 117 cm³/mol. The highest BCUT2D eigenvalue weighted by Crippen LogP contribution is 2.38. The summed E-state index contributed by atoms with van der Waals surface area (Å²) < 4.78 is 13.7. The number of aryl methyl sites for hydroxylation is 1. The first-order valence-corrected chi connectivity index (χ1v) is 11.1. The van der Waals surface area contributed by atoms with Crippen molar-refractivity contribution in [3.05, 3.63) is 50.4 Å². The second kappa shape index (κ2) is 7.02. The molecule has 4 heterocycles. The average Bonchev–Trinajstić information content (AvgIpc) is 3.39. The van der Waals surface area contributed by atoms with Gasteiger partial charge in [0.25, 0.3) is 5.56 Å². The summed E-state index contributed by atoms with van der Waals surface area (Å²) in [5, 5.41) is 0.742. The summed E-state index contributed by atoms with van der Waals surface area (Å²) >= 11 is 1.62. The SMILES string of the molecule is CCOc1cc2c(cc1/C=C1\CCn3c1nc1sc(CC)cc1c3=O)O[C@H](C)C2. The number of fused-ring (bicyclic) bond motifs is 3. The summed E-state index contributed by atoms with van der Waals surface area (Å²) in [5.41, 5.74) is 3.32. The molecule has 150 valence electrons. The van der Waals surface area contributed by atoms with Gasteiger partial charge in [-0.1, -0.05) is 6.92 Å². The van der Waals surface area contributed by atoms with E-state index in [1.54, 1.807) is 11.3 Å². The third kappa shape index (κ3) is 3.06. The molecule has 6 heteroatoms. The lowest BCUT2D eigenvalue weighted by molar-refractivity contribution is 0.254. The smallest absolute Gasteiger partial charge is 0.262 e. The van der Waals surface area contributed by atoms with Crippen LogP contribution in [-0.2, 0) is 19.4 Å². The molecule has 0 spiro atoms. The summed E-state index contributed by atoms with van der Waals surface area (Å²) in [6.45, 7) is 7.46. The molecule has 2 aliphatic heterocycles. The van der Waals surface area contributed by atoms with E-state index in [9.17, 15) is 4.79 Å². The minimum absolute atomic E-state index is 0.0699. The lowest BCUT2D eigenvalue weighted by Crippen LogP contribution is -2.19. The van der Waals surface area contributed by atoms with Gasteiger partial charge < -0.3 is 9.47 Å². The highest BCUT2D eigenvalue weighted by molar-refractivity contribution is 7.18. The molecule has 0 fully saturated rings. The van der Waals surface area contributed by atoms with Gasteiger partial charge in [0.1, 0.15) is 28.3 Å². The summed E-state index contributed by atoms with van der Waals surface area (Å²) in [4.78, 5) is 19.9. The predicted octanol–water partition coefficient (Wildman–Crippen LogP) is 4.69. The molecule has 5 nitrogen and oxygen atoms in total. The second-order valence-corrected chi connectivity index (χ2v) is 8.78. The molecule has 0 saturated carbocycles. The van der Waals surface area contributed by atoms with Crippen LogP contribution >= 0.6 is 11.3 Å².